The number of nitrogens with zero attached hydrogens (tertiary/aromatic N) is 3. The highest BCUT2D eigenvalue weighted by Gasteiger charge is 2.47. The highest BCUT2D eigenvalue weighted by Crippen LogP contribution is 2.51. The molecule has 182 valence electrons. The molecule has 1 aromatic carbocycles. The first kappa shape index (κ1) is 22.3. The first-order valence-corrected chi connectivity index (χ1v) is 13.3. The Bertz CT molecular complexity index is 1140. The number of piperidine rings is 2. The topological polar surface area (TPSA) is 75.4 Å². The van der Waals surface area contributed by atoms with Gasteiger partial charge in [-0.15, -0.1) is 0 Å². The lowest BCUT2D eigenvalue weighted by atomic mass is 9.60. The zero-order valence-corrected chi connectivity index (χ0v) is 20.4. The van der Waals surface area contributed by atoms with Gasteiger partial charge in [-0.25, -0.2) is 9.78 Å². The number of benzene rings is 1. The molecule has 0 radical (unpaired) electrons. The van der Waals surface area contributed by atoms with Crippen molar-refractivity contribution in [2.24, 2.45) is 17.3 Å². The lowest BCUT2D eigenvalue weighted by Gasteiger charge is -2.56. The molecule has 6 heteroatoms. The van der Waals surface area contributed by atoms with E-state index in [0.717, 1.165) is 30.2 Å². The maximum Gasteiger partial charge on any atom is 0.360 e. The first-order chi connectivity index (χ1) is 16.3. The van der Waals surface area contributed by atoms with Crippen LogP contribution >= 0.6 is 0 Å². The Labute approximate surface area is 201 Å². The third kappa shape index (κ3) is 3.78. The van der Waals surface area contributed by atoms with Crippen LogP contribution in [0.2, 0.25) is 0 Å². The van der Waals surface area contributed by atoms with Crippen molar-refractivity contribution >= 4 is 17.0 Å². The van der Waals surface area contributed by atoms with Crippen LogP contribution in [0.4, 0.5) is 0 Å². The Morgan fingerprint density at radius 2 is 1.59 bits per heavy atom. The lowest BCUT2D eigenvalue weighted by molar-refractivity contribution is -0.0599. The molecule has 2 saturated heterocycles. The summed E-state index contributed by atoms with van der Waals surface area (Å²) in [4.78, 5) is 32.2. The molecule has 2 aliphatic heterocycles. The summed E-state index contributed by atoms with van der Waals surface area (Å²) in [6.07, 6.45) is 12.3. The van der Waals surface area contributed by atoms with E-state index in [1.54, 1.807) is 4.57 Å². The third-order valence-corrected chi connectivity index (χ3v) is 9.35. The van der Waals surface area contributed by atoms with Crippen molar-refractivity contribution in [3.05, 3.63) is 40.3 Å². The molecule has 4 bridgehead atoms. The fourth-order valence-electron chi connectivity index (χ4n) is 8.60. The predicted molar refractivity (Wildman–Crippen MR) is 132 cm³/mol. The number of aromatic carboxylic acids is 1. The van der Waals surface area contributed by atoms with E-state index in [-0.39, 0.29) is 11.7 Å². The number of rotatable bonds is 3. The molecular formula is C28H37N3O3. The van der Waals surface area contributed by atoms with Gasteiger partial charge in [0.15, 0.2) is 0 Å². The largest absolute Gasteiger partial charge is 0.476 e. The van der Waals surface area contributed by atoms with Gasteiger partial charge in [-0.2, -0.15) is 0 Å². The van der Waals surface area contributed by atoms with E-state index in [4.69, 9.17) is 0 Å². The molecule has 0 amide bonds. The smallest absolute Gasteiger partial charge is 0.360 e. The summed E-state index contributed by atoms with van der Waals surface area (Å²) in [5.74, 6) is 0.477. The molecule has 4 atom stereocenters. The Morgan fingerprint density at radius 1 is 0.941 bits per heavy atom. The molecule has 2 aromatic rings. The number of fused-ring (bicyclic) bond motifs is 5. The normalized spacial score (nSPS) is 35.2. The monoisotopic (exact) mass is 463 g/mol. The van der Waals surface area contributed by atoms with Gasteiger partial charge in [0.05, 0.1) is 11.0 Å². The Kier molecular flexibility index (Phi) is 5.36. The minimum atomic E-state index is -1.24. The van der Waals surface area contributed by atoms with Gasteiger partial charge in [0.25, 0.3) is 5.56 Å². The second kappa shape index (κ2) is 8.18. The summed E-state index contributed by atoms with van der Waals surface area (Å²) >= 11 is 0. The molecule has 6 nitrogen and oxygen atoms in total. The first-order valence-electron chi connectivity index (χ1n) is 13.3. The number of para-hydroxylation sites is 2. The lowest BCUT2D eigenvalue weighted by Crippen LogP contribution is -2.59. The van der Waals surface area contributed by atoms with E-state index < -0.39 is 11.5 Å². The molecule has 1 aromatic heterocycles. The molecule has 2 aliphatic carbocycles. The molecule has 4 aliphatic rings. The van der Waals surface area contributed by atoms with Crippen molar-refractivity contribution in [2.45, 2.75) is 102 Å². The number of aromatic nitrogens is 2. The number of carboxylic acids is 1. The van der Waals surface area contributed by atoms with E-state index in [0.29, 0.717) is 29.1 Å². The summed E-state index contributed by atoms with van der Waals surface area (Å²) in [6, 6.07) is 9.19. The van der Waals surface area contributed by atoms with Gasteiger partial charge in [-0.3, -0.25) is 9.69 Å². The molecule has 0 spiro atoms. The van der Waals surface area contributed by atoms with E-state index in [9.17, 15) is 14.7 Å². The van der Waals surface area contributed by atoms with E-state index in [2.05, 4.69) is 23.7 Å². The van der Waals surface area contributed by atoms with Gasteiger partial charge in [0.1, 0.15) is 0 Å². The van der Waals surface area contributed by atoms with Crippen molar-refractivity contribution < 1.29 is 9.90 Å². The highest BCUT2D eigenvalue weighted by molar-refractivity contribution is 5.88. The summed E-state index contributed by atoms with van der Waals surface area (Å²) in [5, 5.41) is 9.65. The van der Waals surface area contributed by atoms with Crippen LogP contribution < -0.4 is 5.56 Å². The van der Waals surface area contributed by atoms with Gasteiger partial charge in [0.2, 0.25) is 5.69 Å². The molecule has 4 unspecified atom stereocenters. The van der Waals surface area contributed by atoms with Crippen LogP contribution in [0, 0.1) is 17.3 Å². The van der Waals surface area contributed by atoms with Gasteiger partial charge in [0, 0.05) is 24.2 Å². The Balaban J connectivity index is 1.32. The van der Waals surface area contributed by atoms with Crippen molar-refractivity contribution in [2.75, 3.05) is 0 Å². The van der Waals surface area contributed by atoms with Crippen molar-refractivity contribution in [3.8, 4) is 0 Å². The van der Waals surface area contributed by atoms with Crippen LogP contribution in [0.1, 0.15) is 94.6 Å². The Hall–Kier alpha value is -2.21. The second-order valence-electron chi connectivity index (χ2n) is 12.4. The van der Waals surface area contributed by atoms with Crippen LogP contribution in [-0.2, 0) is 0 Å². The maximum absolute atomic E-state index is 13.3. The number of carboxylic acid groups (broad SMARTS) is 1. The van der Waals surface area contributed by atoms with Gasteiger partial charge >= 0.3 is 5.97 Å². The van der Waals surface area contributed by atoms with Crippen LogP contribution in [0.25, 0.3) is 11.0 Å². The molecular weight excluding hydrogens is 426 g/mol. The third-order valence-electron chi connectivity index (χ3n) is 9.35. The van der Waals surface area contributed by atoms with E-state index >= 15 is 0 Å². The van der Waals surface area contributed by atoms with Crippen LogP contribution in [-0.4, -0.2) is 43.7 Å². The van der Waals surface area contributed by atoms with Crippen LogP contribution in [0.5, 0.6) is 0 Å². The summed E-state index contributed by atoms with van der Waals surface area (Å²) in [5.41, 5.74) is 1.05. The van der Waals surface area contributed by atoms with E-state index in [1.165, 1.54) is 51.4 Å². The molecule has 2 saturated carbocycles. The summed E-state index contributed by atoms with van der Waals surface area (Å²) in [6.45, 7) is 4.91. The fraction of sp³-hybridized carbons (Fsp3) is 0.679. The van der Waals surface area contributed by atoms with Crippen molar-refractivity contribution in [1.29, 1.82) is 0 Å². The second-order valence-corrected chi connectivity index (χ2v) is 12.4. The standard InChI is InChI=1S/C28H37N3O3/c1-28(2)15-17-10-18(16-28)12-21(11-17)30-19-6-5-7-20(30)14-22(13-19)31-24-9-4-3-8-23(24)29-25(26(31)32)27(33)34/h3-4,8-9,17-22H,5-7,10-16H2,1-2H3,(H,33,34). The minimum Gasteiger partial charge on any atom is -0.476 e. The highest BCUT2D eigenvalue weighted by atomic mass is 16.4. The number of carbonyl (C=O) groups is 1. The quantitative estimate of drug-likeness (QED) is 0.672. The molecule has 1 N–H and O–H groups in total. The Morgan fingerprint density at radius 3 is 2.24 bits per heavy atom. The van der Waals surface area contributed by atoms with Crippen molar-refractivity contribution in [3.63, 3.8) is 0 Å². The number of hydrogen-bond donors (Lipinski definition) is 1. The van der Waals surface area contributed by atoms with Gasteiger partial charge in [-0.1, -0.05) is 32.4 Å². The zero-order valence-electron chi connectivity index (χ0n) is 20.4. The van der Waals surface area contributed by atoms with Gasteiger partial charge < -0.3 is 9.67 Å². The average molecular weight is 464 g/mol. The van der Waals surface area contributed by atoms with Crippen LogP contribution in [0.3, 0.4) is 0 Å². The van der Waals surface area contributed by atoms with Crippen molar-refractivity contribution in [1.82, 2.24) is 14.5 Å². The molecule has 34 heavy (non-hydrogen) atoms. The molecule has 4 fully saturated rings. The summed E-state index contributed by atoms with van der Waals surface area (Å²) in [7, 11) is 0. The van der Waals surface area contributed by atoms with Gasteiger partial charge in [-0.05, 0) is 87.2 Å². The summed E-state index contributed by atoms with van der Waals surface area (Å²) < 4.78 is 1.78. The zero-order chi connectivity index (χ0) is 23.6. The number of hydrogen-bond acceptors (Lipinski definition) is 4. The average Bonchev–Trinajstić information content (AvgIpc) is 2.76. The molecule has 6 rings (SSSR count). The fourth-order valence-corrected chi connectivity index (χ4v) is 8.60. The predicted octanol–water partition coefficient (Wildman–Crippen LogP) is 5.26. The molecule has 3 heterocycles. The maximum atomic E-state index is 13.3. The van der Waals surface area contributed by atoms with E-state index in [1.807, 2.05) is 24.3 Å². The SMILES string of the molecule is CC1(C)CC2CC(CC(N3C4CCCC3CC(n3c(=O)c(C(=O)O)nc5ccccc53)C4)C2)C1. The van der Waals surface area contributed by atoms with Crippen LogP contribution in [0.15, 0.2) is 29.1 Å². The minimum absolute atomic E-state index is 0.0343.